The van der Waals surface area contributed by atoms with E-state index in [9.17, 15) is 0 Å². The van der Waals surface area contributed by atoms with Gasteiger partial charge in [0, 0.05) is 24.7 Å². The first-order valence-corrected chi connectivity index (χ1v) is 7.86. The van der Waals surface area contributed by atoms with Gasteiger partial charge in [-0.15, -0.1) is 6.58 Å². The zero-order chi connectivity index (χ0) is 14.1. The quantitative estimate of drug-likeness (QED) is 0.651. The third kappa shape index (κ3) is 4.59. The molecule has 112 valence electrons. The topological polar surface area (TPSA) is 24.5 Å². The lowest BCUT2D eigenvalue weighted by Gasteiger charge is -2.48. The number of nitrogens with one attached hydrogen (secondary N) is 1. The van der Waals surface area contributed by atoms with Crippen molar-refractivity contribution in [3.05, 3.63) is 12.7 Å². The van der Waals surface area contributed by atoms with E-state index in [1.807, 2.05) is 6.08 Å². The predicted molar refractivity (Wildman–Crippen MR) is 82.6 cm³/mol. The molecule has 3 nitrogen and oxygen atoms in total. The van der Waals surface area contributed by atoms with E-state index >= 15 is 0 Å². The third-order valence-electron chi connectivity index (χ3n) is 4.50. The molecule has 19 heavy (non-hydrogen) atoms. The molecule has 0 aliphatic carbocycles. The van der Waals surface area contributed by atoms with Crippen LogP contribution >= 0.6 is 0 Å². The van der Waals surface area contributed by atoms with Gasteiger partial charge in [0.25, 0.3) is 0 Å². The number of allylic oxidation sites excluding steroid dienone is 1. The van der Waals surface area contributed by atoms with Gasteiger partial charge >= 0.3 is 0 Å². The second-order valence-electron chi connectivity index (χ2n) is 5.68. The molecule has 1 heterocycles. The first-order chi connectivity index (χ1) is 9.19. The lowest BCUT2D eigenvalue weighted by molar-refractivity contribution is -0.0332. The Balaban J connectivity index is 2.74. The van der Waals surface area contributed by atoms with Crippen molar-refractivity contribution in [2.45, 2.75) is 58.0 Å². The Hall–Kier alpha value is -0.380. The highest BCUT2D eigenvalue weighted by atomic mass is 16.5. The van der Waals surface area contributed by atoms with Crippen LogP contribution < -0.4 is 5.32 Å². The Morgan fingerprint density at radius 3 is 2.58 bits per heavy atom. The summed E-state index contributed by atoms with van der Waals surface area (Å²) in [5.41, 5.74) is 0.224. The van der Waals surface area contributed by atoms with Gasteiger partial charge < -0.3 is 10.1 Å². The fraction of sp³-hybridized carbons (Fsp3) is 0.875. The number of morpholine rings is 1. The molecule has 1 fully saturated rings. The Morgan fingerprint density at radius 2 is 2.05 bits per heavy atom. The standard InChI is InChI=1S/C16H32N2O/c1-5-8-9-15(17-10-6-2)16(4,7-3)18-11-13-19-14-12-18/h5,15,17H,1,6-14H2,2-4H3. The van der Waals surface area contributed by atoms with E-state index in [0.717, 1.165) is 39.3 Å². The molecular weight excluding hydrogens is 236 g/mol. The van der Waals surface area contributed by atoms with Crippen LogP contribution in [0.25, 0.3) is 0 Å². The van der Waals surface area contributed by atoms with Gasteiger partial charge in [-0.1, -0.05) is 19.9 Å². The summed E-state index contributed by atoms with van der Waals surface area (Å²) in [5.74, 6) is 0. The highest BCUT2D eigenvalue weighted by molar-refractivity contribution is 4.97. The van der Waals surface area contributed by atoms with Gasteiger partial charge in [-0.2, -0.15) is 0 Å². The van der Waals surface area contributed by atoms with Crippen molar-refractivity contribution in [2.24, 2.45) is 0 Å². The molecule has 2 unspecified atom stereocenters. The largest absolute Gasteiger partial charge is 0.379 e. The third-order valence-corrected chi connectivity index (χ3v) is 4.50. The van der Waals surface area contributed by atoms with Crippen molar-refractivity contribution >= 4 is 0 Å². The van der Waals surface area contributed by atoms with E-state index in [1.54, 1.807) is 0 Å². The lowest BCUT2D eigenvalue weighted by Crippen LogP contribution is -2.61. The van der Waals surface area contributed by atoms with Gasteiger partial charge in [-0.05, 0) is 39.2 Å². The maximum Gasteiger partial charge on any atom is 0.0594 e. The van der Waals surface area contributed by atoms with Crippen LogP contribution in [0.15, 0.2) is 12.7 Å². The van der Waals surface area contributed by atoms with Gasteiger partial charge in [0.1, 0.15) is 0 Å². The van der Waals surface area contributed by atoms with Crippen molar-refractivity contribution in [1.82, 2.24) is 10.2 Å². The van der Waals surface area contributed by atoms with Gasteiger partial charge in [0.2, 0.25) is 0 Å². The monoisotopic (exact) mass is 268 g/mol. The molecule has 1 aliphatic heterocycles. The fourth-order valence-corrected chi connectivity index (χ4v) is 3.00. The zero-order valence-electron chi connectivity index (χ0n) is 13.1. The number of ether oxygens (including phenoxy) is 1. The minimum Gasteiger partial charge on any atom is -0.379 e. The van der Waals surface area contributed by atoms with E-state index in [2.05, 4.69) is 37.6 Å². The van der Waals surface area contributed by atoms with Crippen LogP contribution in [-0.2, 0) is 4.74 Å². The molecule has 0 aromatic rings. The van der Waals surface area contributed by atoms with Crippen molar-refractivity contribution in [2.75, 3.05) is 32.8 Å². The molecular formula is C16H32N2O. The average Bonchev–Trinajstić information content (AvgIpc) is 2.47. The summed E-state index contributed by atoms with van der Waals surface area (Å²) in [5, 5.41) is 3.76. The Labute approximate surface area is 119 Å². The van der Waals surface area contributed by atoms with E-state index in [1.165, 1.54) is 19.3 Å². The second kappa shape index (κ2) is 8.72. The summed E-state index contributed by atoms with van der Waals surface area (Å²) in [6, 6.07) is 0.536. The normalized spacial score (nSPS) is 21.8. The minimum atomic E-state index is 0.224. The van der Waals surface area contributed by atoms with E-state index in [-0.39, 0.29) is 5.54 Å². The van der Waals surface area contributed by atoms with Crippen molar-refractivity contribution < 1.29 is 4.74 Å². The summed E-state index contributed by atoms with van der Waals surface area (Å²) in [7, 11) is 0. The smallest absolute Gasteiger partial charge is 0.0594 e. The number of hydrogen-bond donors (Lipinski definition) is 1. The molecule has 0 radical (unpaired) electrons. The van der Waals surface area contributed by atoms with Gasteiger partial charge in [-0.25, -0.2) is 0 Å². The molecule has 1 rings (SSSR count). The molecule has 1 saturated heterocycles. The summed E-state index contributed by atoms with van der Waals surface area (Å²) < 4.78 is 5.50. The summed E-state index contributed by atoms with van der Waals surface area (Å²) >= 11 is 0. The van der Waals surface area contributed by atoms with Crippen LogP contribution in [-0.4, -0.2) is 49.3 Å². The van der Waals surface area contributed by atoms with Gasteiger partial charge in [0.15, 0.2) is 0 Å². The summed E-state index contributed by atoms with van der Waals surface area (Å²) in [4.78, 5) is 2.62. The van der Waals surface area contributed by atoms with Crippen LogP contribution in [0.1, 0.15) is 46.5 Å². The minimum absolute atomic E-state index is 0.224. The van der Waals surface area contributed by atoms with Crippen molar-refractivity contribution in [1.29, 1.82) is 0 Å². The summed E-state index contributed by atoms with van der Waals surface area (Å²) in [6.45, 7) is 15.8. The van der Waals surface area contributed by atoms with Crippen molar-refractivity contribution in [3.8, 4) is 0 Å². The van der Waals surface area contributed by atoms with Crippen LogP contribution in [0.4, 0.5) is 0 Å². The highest BCUT2D eigenvalue weighted by Gasteiger charge is 2.38. The van der Waals surface area contributed by atoms with Crippen LogP contribution in [0.5, 0.6) is 0 Å². The predicted octanol–water partition coefficient (Wildman–Crippen LogP) is 2.82. The van der Waals surface area contributed by atoms with Crippen molar-refractivity contribution in [3.63, 3.8) is 0 Å². The molecule has 0 aromatic carbocycles. The molecule has 0 aromatic heterocycles. The molecule has 0 bridgehead atoms. The van der Waals surface area contributed by atoms with Crippen LogP contribution in [0, 0.1) is 0 Å². The van der Waals surface area contributed by atoms with Gasteiger partial charge in [0.05, 0.1) is 13.2 Å². The first-order valence-electron chi connectivity index (χ1n) is 7.86. The first kappa shape index (κ1) is 16.7. The molecule has 2 atom stereocenters. The van der Waals surface area contributed by atoms with E-state index in [0.29, 0.717) is 6.04 Å². The number of rotatable bonds is 9. The second-order valence-corrected chi connectivity index (χ2v) is 5.68. The molecule has 0 saturated carbocycles. The molecule has 3 heteroatoms. The Bertz CT molecular complexity index is 251. The maximum atomic E-state index is 5.50. The van der Waals surface area contributed by atoms with E-state index < -0.39 is 0 Å². The average molecular weight is 268 g/mol. The SMILES string of the molecule is C=CCCC(NCCC)C(C)(CC)N1CCOCC1. The molecule has 1 aliphatic rings. The van der Waals surface area contributed by atoms with Crippen LogP contribution in [0.3, 0.4) is 0 Å². The number of hydrogen-bond acceptors (Lipinski definition) is 3. The lowest BCUT2D eigenvalue weighted by atomic mass is 9.84. The van der Waals surface area contributed by atoms with E-state index in [4.69, 9.17) is 4.74 Å². The number of nitrogens with zero attached hydrogens (tertiary/aromatic N) is 1. The fourth-order valence-electron chi connectivity index (χ4n) is 3.00. The summed E-state index contributed by atoms with van der Waals surface area (Å²) in [6.07, 6.45) is 6.65. The molecule has 0 spiro atoms. The van der Waals surface area contributed by atoms with Gasteiger partial charge in [-0.3, -0.25) is 4.90 Å². The van der Waals surface area contributed by atoms with Crippen LogP contribution in [0.2, 0.25) is 0 Å². The Kier molecular flexibility index (Phi) is 7.66. The zero-order valence-corrected chi connectivity index (χ0v) is 13.1. The maximum absolute atomic E-state index is 5.50. The Morgan fingerprint density at radius 1 is 1.37 bits per heavy atom. The molecule has 0 amide bonds. The highest BCUT2D eigenvalue weighted by Crippen LogP contribution is 2.27. The molecule has 1 N–H and O–H groups in total.